The highest BCUT2D eigenvalue weighted by molar-refractivity contribution is 7.22. The lowest BCUT2D eigenvalue weighted by Crippen LogP contribution is -2.27. The second-order valence-electron chi connectivity index (χ2n) is 4.65. The molecule has 1 aliphatic heterocycles. The molecule has 1 aliphatic rings. The average molecular weight is 277 g/mol. The molecule has 4 nitrogen and oxygen atoms in total. The molecule has 0 unspecified atom stereocenters. The Labute approximate surface area is 117 Å². The van der Waals surface area contributed by atoms with Crippen molar-refractivity contribution in [2.45, 2.75) is 13.3 Å². The molecule has 5 heteroatoms. The molecular weight excluding hydrogens is 258 g/mol. The van der Waals surface area contributed by atoms with E-state index in [9.17, 15) is 0 Å². The van der Waals surface area contributed by atoms with E-state index in [0.29, 0.717) is 6.61 Å². The van der Waals surface area contributed by atoms with Crippen LogP contribution in [0.25, 0.3) is 10.2 Å². The zero-order valence-electron chi connectivity index (χ0n) is 11.2. The molecule has 1 aromatic carbocycles. The fraction of sp³-hybridized carbons (Fsp3) is 0.500. The summed E-state index contributed by atoms with van der Waals surface area (Å²) in [5.41, 5.74) is 1.07. The first-order chi connectivity index (χ1) is 9.36. The van der Waals surface area contributed by atoms with E-state index in [1.54, 1.807) is 11.3 Å². The first kappa shape index (κ1) is 12.7. The molecule has 1 aromatic heterocycles. The number of nitrogens with one attached hydrogen (secondary N) is 1. The highest BCUT2D eigenvalue weighted by atomic mass is 32.1. The number of hydrogen-bond acceptors (Lipinski definition) is 5. The summed E-state index contributed by atoms with van der Waals surface area (Å²) < 4.78 is 6.75. The third kappa shape index (κ3) is 2.82. The first-order valence-corrected chi connectivity index (χ1v) is 7.67. The minimum Gasteiger partial charge on any atom is -0.494 e. The van der Waals surface area contributed by atoms with Crippen LogP contribution in [0.3, 0.4) is 0 Å². The Bertz CT molecular complexity index is 547. The lowest BCUT2D eigenvalue weighted by molar-refractivity contribution is 0.341. The summed E-state index contributed by atoms with van der Waals surface area (Å²) >= 11 is 1.76. The number of benzene rings is 1. The smallest absolute Gasteiger partial charge is 0.186 e. The van der Waals surface area contributed by atoms with Crippen LogP contribution in [0, 0.1) is 0 Å². The van der Waals surface area contributed by atoms with E-state index < -0.39 is 0 Å². The molecule has 1 N–H and O–H groups in total. The van der Waals surface area contributed by atoms with Crippen molar-refractivity contribution < 1.29 is 4.74 Å². The van der Waals surface area contributed by atoms with E-state index >= 15 is 0 Å². The lowest BCUT2D eigenvalue weighted by Gasteiger charge is -2.17. The Morgan fingerprint density at radius 3 is 3.21 bits per heavy atom. The molecule has 19 heavy (non-hydrogen) atoms. The molecule has 3 rings (SSSR count). The third-order valence-corrected chi connectivity index (χ3v) is 4.35. The minimum absolute atomic E-state index is 0.703. The molecule has 0 amide bonds. The quantitative estimate of drug-likeness (QED) is 0.935. The van der Waals surface area contributed by atoms with Crippen molar-refractivity contribution in [2.24, 2.45) is 0 Å². The summed E-state index contributed by atoms with van der Waals surface area (Å²) in [5, 5.41) is 4.55. The number of hydrogen-bond donors (Lipinski definition) is 1. The van der Waals surface area contributed by atoms with Gasteiger partial charge in [-0.2, -0.15) is 0 Å². The van der Waals surface area contributed by atoms with Crippen LogP contribution in [0.5, 0.6) is 5.75 Å². The predicted molar refractivity (Wildman–Crippen MR) is 80.5 cm³/mol. The van der Waals surface area contributed by atoms with Gasteiger partial charge < -0.3 is 15.0 Å². The molecule has 0 saturated carbocycles. The number of aromatic nitrogens is 1. The Kier molecular flexibility index (Phi) is 3.84. The SMILES string of the molecule is CCOc1ccc2nc(N3CCCNCC3)sc2c1. The standard InChI is InChI=1S/C14H19N3OS/c1-2-18-11-4-5-12-13(10-11)19-14(16-12)17-8-3-6-15-7-9-17/h4-5,10,15H,2-3,6-9H2,1H3. The van der Waals surface area contributed by atoms with Crippen molar-refractivity contribution in [3.8, 4) is 5.75 Å². The number of ether oxygens (including phenoxy) is 1. The van der Waals surface area contributed by atoms with Crippen molar-refractivity contribution in [2.75, 3.05) is 37.7 Å². The molecule has 0 atom stereocenters. The van der Waals surface area contributed by atoms with Crippen LogP contribution < -0.4 is 15.0 Å². The number of nitrogens with zero attached hydrogens (tertiary/aromatic N) is 2. The number of thiazole rings is 1. The van der Waals surface area contributed by atoms with Gasteiger partial charge in [0.2, 0.25) is 0 Å². The molecule has 2 heterocycles. The molecular formula is C14H19N3OS. The predicted octanol–water partition coefficient (Wildman–Crippen LogP) is 2.49. The topological polar surface area (TPSA) is 37.4 Å². The fourth-order valence-corrected chi connectivity index (χ4v) is 3.37. The van der Waals surface area contributed by atoms with E-state index in [4.69, 9.17) is 9.72 Å². The van der Waals surface area contributed by atoms with Crippen molar-refractivity contribution >= 4 is 26.7 Å². The van der Waals surface area contributed by atoms with Crippen molar-refractivity contribution in [1.29, 1.82) is 0 Å². The van der Waals surface area contributed by atoms with E-state index in [1.807, 2.05) is 13.0 Å². The van der Waals surface area contributed by atoms with Crippen LogP contribution in [0.4, 0.5) is 5.13 Å². The van der Waals surface area contributed by atoms with Gasteiger partial charge in [-0.15, -0.1) is 0 Å². The van der Waals surface area contributed by atoms with Crippen LogP contribution in [-0.4, -0.2) is 37.8 Å². The van der Waals surface area contributed by atoms with Gasteiger partial charge in [-0.05, 0) is 38.1 Å². The van der Waals surface area contributed by atoms with Crippen molar-refractivity contribution in [3.05, 3.63) is 18.2 Å². The van der Waals surface area contributed by atoms with Gasteiger partial charge >= 0.3 is 0 Å². The van der Waals surface area contributed by atoms with Gasteiger partial charge in [0.05, 0.1) is 16.8 Å². The zero-order chi connectivity index (χ0) is 13.1. The first-order valence-electron chi connectivity index (χ1n) is 6.86. The molecule has 0 radical (unpaired) electrons. The summed E-state index contributed by atoms with van der Waals surface area (Å²) in [4.78, 5) is 7.12. The Hall–Kier alpha value is -1.33. The summed E-state index contributed by atoms with van der Waals surface area (Å²) in [6.45, 7) is 6.99. The van der Waals surface area contributed by atoms with Gasteiger partial charge in [-0.1, -0.05) is 11.3 Å². The van der Waals surface area contributed by atoms with Gasteiger partial charge in [0.15, 0.2) is 5.13 Å². The van der Waals surface area contributed by atoms with Gasteiger partial charge in [0, 0.05) is 19.6 Å². The normalized spacial score (nSPS) is 16.6. The maximum absolute atomic E-state index is 5.54. The zero-order valence-corrected chi connectivity index (χ0v) is 12.0. The van der Waals surface area contributed by atoms with Crippen molar-refractivity contribution in [3.63, 3.8) is 0 Å². The van der Waals surface area contributed by atoms with Crippen LogP contribution in [0.2, 0.25) is 0 Å². The van der Waals surface area contributed by atoms with Gasteiger partial charge in [0.25, 0.3) is 0 Å². The van der Waals surface area contributed by atoms with Crippen molar-refractivity contribution in [1.82, 2.24) is 10.3 Å². The second kappa shape index (κ2) is 5.75. The molecule has 102 valence electrons. The van der Waals surface area contributed by atoms with E-state index in [-0.39, 0.29) is 0 Å². The Balaban J connectivity index is 1.87. The minimum atomic E-state index is 0.703. The van der Waals surface area contributed by atoms with Gasteiger partial charge in [0.1, 0.15) is 5.75 Å². The lowest BCUT2D eigenvalue weighted by atomic mass is 10.3. The number of anilines is 1. The van der Waals surface area contributed by atoms with Crippen LogP contribution in [-0.2, 0) is 0 Å². The van der Waals surface area contributed by atoms with E-state index in [2.05, 4.69) is 22.3 Å². The van der Waals surface area contributed by atoms with Gasteiger partial charge in [-0.3, -0.25) is 0 Å². The summed E-state index contributed by atoms with van der Waals surface area (Å²) in [6.07, 6.45) is 1.18. The highest BCUT2D eigenvalue weighted by Gasteiger charge is 2.14. The van der Waals surface area contributed by atoms with E-state index in [0.717, 1.165) is 42.6 Å². The Morgan fingerprint density at radius 2 is 2.32 bits per heavy atom. The molecule has 0 aliphatic carbocycles. The van der Waals surface area contributed by atoms with Crippen LogP contribution in [0.1, 0.15) is 13.3 Å². The summed E-state index contributed by atoms with van der Waals surface area (Å²) in [7, 11) is 0. The number of fused-ring (bicyclic) bond motifs is 1. The Morgan fingerprint density at radius 1 is 1.37 bits per heavy atom. The third-order valence-electron chi connectivity index (χ3n) is 3.27. The maximum Gasteiger partial charge on any atom is 0.186 e. The van der Waals surface area contributed by atoms with Crippen LogP contribution in [0.15, 0.2) is 18.2 Å². The van der Waals surface area contributed by atoms with E-state index in [1.165, 1.54) is 11.1 Å². The second-order valence-corrected chi connectivity index (χ2v) is 5.66. The largest absolute Gasteiger partial charge is 0.494 e. The molecule has 0 bridgehead atoms. The average Bonchev–Trinajstić information content (AvgIpc) is 2.65. The molecule has 0 spiro atoms. The fourth-order valence-electron chi connectivity index (χ4n) is 2.32. The molecule has 2 aromatic rings. The number of rotatable bonds is 3. The summed E-state index contributed by atoms with van der Waals surface area (Å²) in [5.74, 6) is 0.933. The summed E-state index contributed by atoms with van der Waals surface area (Å²) in [6, 6.07) is 6.14. The van der Waals surface area contributed by atoms with Gasteiger partial charge in [-0.25, -0.2) is 4.98 Å². The highest BCUT2D eigenvalue weighted by Crippen LogP contribution is 2.31. The monoisotopic (exact) mass is 277 g/mol. The maximum atomic E-state index is 5.54. The molecule has 1 fully saturated rings. The van der Waals surface area contributed by atoms with Crippen LogP contribution >= 0.6 is 11.3 Å². The molecule has 1 saturated heterocycles.